The zero-order valence-electron chi connectivity index (χ0n) is 13.0. The van der Waals surface area contributed by atoms with E-state index in [-0.39, 0.29) is 35.9 Å². The van der Waals surface area contributed by atoms with Crippen molar-refractivity contribution in [2.75, 3.05) is 13.1 Å². The van der Waals surface area contributed by atoms with Crippen molar-refractivity contribution in [3.8, 4) is 0 Å². The highest BCUT2D eigenvalue weighted by Crippen LogP contribution is 2.31. The van der Waals surface area contributed by atoms with Crippen LogP contribution in [-0.4, -0.2) is 53.8 Å². The van der Waals surface area contributed by atoms with Crippen molar-refractivity contribution >= 4 is 23.6 Å². The van der Waals surface area contributed by atoms with Gasteiger partial charge < -0.3 is 10.1 Å². The lowest BCUT2D eigenvalue weighted by atomic mass is 10.0. The monoisotopic (exact) mass is 331 g/mol. The molecule has 0 spiro atoms. The van der Waals surface area contributed by atoms with E-state index in [0.717, 1.165) is 4.90 Å². The highest BCUT2D eigenvalue weighted by molar-refractivity contribution is 6.24. The number of imide groups is 2. The molecule has 3 heterocycles. The van der Waals surface area contributed by atoms with E-state index in [1.165, 1.54) is 6.08 Å². The number of carbonyl (C=O) groups is 4. The molecule has 8 nitrogen and oxygen atoms in total. The fraction of sp³-hybridized carbons (Fsp3) is 0.375. The Kier molecular flexibility index (Phi) is 4.06. The van der Waals surface area contributed by atoms with Crippen LogP contribution in [0.1, 0.15) is 12.8 Å². The zero-order chi connectivity index (χ0) is 17.4. The lowest BCUT2D eigenvalue weighted by Crippen LogP contribution is -2.54. The number of amides is 4. The van der Waals surface area contributed by atoms with Gasteiger partial charge in [0.2, 0.25) is 11.8 Å². The Labute approximate surface area is 138 Å². The van der Waals surface area contributed by atoms with Crippen LogP contribution in [0.25, 0.3) is 0 Å². The van der Waals surface area contributed by atoms with Crippen molar-refractivity contribution in [3.05, 3.63) is 36.1 Å². The van der Waals surface area contributed by atoms with Gasteiger partial charge in [-0.2, -0.15) is 0 Å². The van der Waals surface area contributed by atoms with Gasteiger partial charge in [0, 0.05) is 19.5 Å². The maximum absolute atomic E-state index is 12.7. The molecule has 0 aliphatic carbocycles. The van der Waals surface area contributed by atoms with Gasteiger partial charge in [-0.1, -0.05) is 19.2 Å². The molecular formula is C16H17N3O5. The first kappa shape index (κ1) is 16.1. The van der Waals surface area contributed by atoms with Crippen LogP contribution < -0.4 is 10.6 Å². The topological polar surface area (TPSA) is 105 Å². The lowest BCUT2D eigenvalue weighted by molar-refractivity contribution is -0.150. The second-order valence-electron chi connectivity index (χ2n) is 5.76. The summed E-state index contributed by atoms with van der Waals surface area (Å²) in [7, 11) is 0. The number of ether oxygens (including phenoxy) is 1. The van der Waals surface area contributed by atoms with E-state index in [0.29, 0.717) is 13.1 Å². The second kappa shape index (κ2) is 6.04. The Bertz CT molecular complexity index is 705. The third-order valence-corrected chi connectivity index (χ3v) is 4.21. The Morgan fingerprint density at radius 3 is 2.46 bits per heavy atom. The van der Waals surface area contributed by atoms with Crippen LogP contribution in [0.5, 0.6) is 0 Å². The Balaban J connectivity index is 1.85. The van der Waals surface area contributed by atoms with E-state index in [2.05, 4.69) is 23.8 Å². The van der Waals surface area contributed by atoms with Crippen molar-refractivity contribution in [1.82, 2.24) is 15.5 Å². The summed E-state index contributed by atoms with van der Waals surface area (Å²) in [6.45, 7) is 8.57. The van der Waals surface area contributed by atoms with Crippen molar-refractivity contribution in [1.29, 1.82) is 0 Å². The molecule has 0 aromatic heterocycles. The fourth-order valence-corrected chi connectivity index (χ4v) is 2.84. The van der Waals surface area contributed by atoms with E-state index in [4.69, 9.17) is 4.74 Å². The van der Waals surface area contributed by atoms with Gasteiger partial charge in [-0.25, -0.2) is 0 Å². The van der Waals surface area contributed by atoms with Crippen molar-refractivity contribution in [2.24, 2.45) is 0 Å². The van der Waals surface area contributed by atoms with Crippen molar-refractivity contribution in [2.45, 2.75) is 25.0 Å². The third-order valence-electron chi connectivity index (χ3n) is 4.21. The van der Waals surface area contributed by atoms with Gasteiger partial charge in [0.05, 0.1) is 11.1 Å². The molecule has 0 aromatic rings. The number of nitrogens with one attached hydrogen (secondary N) is 2. The smallest absolute Gasteiger partial charge is 0.266 e. The Morgan fingerprint density at radius 2 is 1.92 bits per heavy atom. The third kappa shape index (κ3) is 2.54. The minimum absolute atomic E-state index is 0.0200. The van der Waals surface area contributed by atoms with E-state index in [9.17, 15) is 19.2 Å². The summed E-state index contributed by atoms with van der Waals surface area (Å²) in [5.74, 6) is -2.27. The number of hydrogen-bond donors (Lipinski definition) is 2. The summed E-state index contributed by atoms with van der Waals surface area (Å²) < 4.78 is 5.58. The highest BCUT2D eigenvalue weighted by Gasteiger charge is 2.46. The highest BCUT2D eigenvalue weighted by atomic mass is 16.5. The van der Waals surface area contributed by atoms with Gasteiger partial charge in [-0.05, 0) is 6.42 Å². The largest absolute Gasteiger partial charge is 0.488 e. The molecule has 8 heteroatoms. The Morgan fingerprint density at radius 1 is 1.21 bits per heavy atom. The van der Waals surface area contributed by atoms with Gasteiger partial charge in [-0.3, -0.25) is 29.4 Å². The minimum atomic E-state index is -1.02. The van der Waals surface area contributed by atoms with E-state index in [1.807, 2.05) is 0 Å². The summed E-state index contributed by atoms with van der Waals surface area (Å²) >= 11 is 0. The van der Waals surface area contributed by atoms with Crippen LogP contribution in [0.4, 0.5) is 0 Å². The number of carbonyl (C=O) groups excluding carboxylic acids is 4. The minimum Gasteiger partial charge on any atom is -0.488 e. The maximum Gasteiger partial charge on any atom is 0.266 e. The Hall–Kier alpha value is -2.74. The average molecular weight is 331 g/mol. The van der Waals surface area contributed by atoms with E-state index in [1.54, 1.807) is 0 Å². The van der Waals surface area contributed by atoms with Crippen LogP contribution in [0.15, 0.2) is 36.1 Å². The van der Waals surface area contributed by atoms with Crippen LogP contribution >= 0.6 is 0 Å². The normalized spacial score (nSPS) is 24.8. The molecule has 0 aromatic carbocycles. The summed E-state index contributed by atoms with van der Waals surface area (Å²) in [5, 5.41) is 5.17. The molecule has 4 amide bonds. The van der Waals surface area contributed by atoms with Gasteiger partial charge in [0.1, 0.15) is 17.9 Å². The molecule has 3 aliphatic rings. The molecule has 1 atom stereocenters. The summed E-state index contributed by atoms with van der Waals surface area (Å²) in [6, 6.07) is -1.02. The molecule has 3 rings (SSSR count). The molecule has 0 saturated carbocycles. The molecule has 24 heavy (non-hydrogen) atoms. The zero-order valence-corrected chi connectivity index (χ0v) is 13.0. The SMILES string of the molecule is C=CC1=C(C(=C)OC2CNC2)C(=O)N(C2CCC(=O)NC2=O)C1=O. The number of piperidine rings is 1. The molecular weight excluding hydrogens is 314 g/mol. The molecule has 0 bridgehead atoms. The predicted octanol–water partition coefficient (Wildman–Crippen LogP) is -0.855. The average Bonchev–Trinajstić information content (AvgIpc) is 2.74. The van der Waals surface area contributed by atoms with Gasteiger partial charge in [-0.15, -0.1) is 0 Å². The fourth-order valence-electron chi connectivity index (χ4n) is 2.84. The van der Waals surface area contributed by atoms with Crippen LogP contribution in [0, 0.1) is 0 Å². The summed E-state index contributed by atoms with van der Waals surface area (Å²) in [5.41, 5.74) is 0.0774. The van der Waals surface area contributed by atoms with Gasteiger partial charge in [0.25, 0.3) is 11.8 Å². The van der Waals surface area contributed by atoms with Gasteiger partial charge >= 0.3 is 0 Å². The maximum atomic E-state index is 12.7. The van der Waals surface area contributed by atoms with Crippen LogP contribution in [0.3, 0.4) is 0 Å². The summed E-state index contributed by atoms with van der Waals surface area (Å²) in [6.07, 6.45) is 1.32. The first-order valence-corrected chi connectivity index (χ1v) is 7.59. The van der Waals surface area contributed by atoms with Gasteiger partial charge in [0.15, 0.2) is 0 Å². The number of hydrogen-bond acceptors (Lipinski definition) is 6. The van der Waals surface area contributed by atoms with Crippen LogP contribution in [-0.2, 0) is 23.9 Å². The molecule has 2 saturated heterocycles. The molecule has 2 fully saturated rings. The lowest BCUT2D eigenvalue weighted by Gasteiger charge is -2.30. The van der Waals surface area contributed by atoms with E-state index < -0.39 is 29.7 Å². The molecule has 0 radical (unpaired) electrons. The standard InChI is InChI=1S/C16H17N3O5/c1-3-10-13(8(2)24-9-6-17-7-9)16(23)19(15(10)22)11-4-5-12(20)18-14(11)21/h3,9,11,17H,1-2,4-7H2,(H,18,20,21). The number of nitrogens with zero attached hydrogens (tertiary/aromatic N) is 1. The molecule has 126 valence electrons. The first-order chi connectivity index (χ1) is 11.4. The van der Waals surface area contributed by atoms with Crippen molar-refractivity contribution in [3.63, 3.8) is 0 Å². The quantitative estimate of drug-likeness (QED) is 0.502. The number of rotatable bonds is 5. The molecule has 2 N–H and O–H groups in total. The molecule has 3 aliphatic heterocycles. The summed E-state index contributed by atoms with van der Waals surface area (Å²) in [4.78, 5) is 49.4. The second-order valence-corrected chi connectivity index (χ2v) is 5.76. The predicted molar refractivity (Wildman–Crippen MR) is 82.1 cm³/mol. The first-order valence-electron chi connectivity index (χ1n) is 7.59. The molecule has 1 unspecified atom stereocenters. The van der Waals surface area contributed by atoms with Crippen molar-refractivity contribution < 1.29 is 23.9 Å². The van der Waals surface area contributed by atoms with E-state index >= 15 is 0 Å². The van der Waals surface area contributed by atoms with Crippen LogP contribution in [0.2, 0.25) is 0 Å².